The van der Waals surface area contributed by atoms with Crippen molar-refractivity contribution in [3.63, 3.8) is 0 Å². The zero-order valence-corrected chi connectivity index (χ0v) is 14.6. The summed E-state index contributed by atoms with van der Waals surface area (Å²) in [5.41, 5.74) is 3.30. The molecule has 1 aliphatic heterocycles. The molecule has 0 radical (unpaired) electrons. The van der Waals surface area contributed by atoms with Gasteiger partial charge in [-0.25, -0.2) is 0 Å². The van der Waals surface area contributed by atoms with Crippen LogP contribution < -0.4 is 10.2 Å². The maximum Gasteiger partial charge on any atom is 0.221 e. The highest BCUT2D eigenvalue weighted by molar-refractivity contribution is 6.30. The lowest BCUT2D eigenvalue weighted by atomic mass is 10.1. The normalized spacial score (nSPS) is 15.3. The number of anilines is 2. The minimum atomic E-state index is -0.0418. The fourth-order valence-electron chi connectivity index (χ4n) is 2.99. The number of benzene rings is 2. The number of nitrogens with zero attached hydrogens (tertiary/aromatic N) is 2. The molecule has 0 spiro atoms. The number of amides is 1. The highest BCUT2D eigenvalue weighted by atomic mass is 35.5. The van der Waals surface area contributed by atoms with Crippen molar-refractivity contribution in [3.8, 4) is 0 Å². The van der Waals surface area contributed by atoms with Crippen molar-refractivity contribution in [1.82, 2.24) is 4.90 Å². The van der Waals surface area contributed by atoms with E-state index >= 15 is 0 Å². The molecule has 0 aliphatic carbocycles. The van der Waals surface area contributed by atoms with Gasteiger partial charge in [0.25, 0.3) is 0 Å². The summed E-state index contributed by atoms with van der Waals surface area (Å²) in [6.07, 6.45) is 0. The monoisotopic (exact) mass is 343 g/mol. The standard InChI is InChI=1S/C19H22ClN3O/c1-15(24)21-18-7-5-16(6-8-18)14-22-9-11-23(12-10-22)19-4-2-3-17(20)13-19/h2-8,13H,9-12,14H2,1H3,(H,21,24). The quantitative estimate of drug-likeness (QED) is 0.921. The van der Waals surface area contributed by atoms with Crippen LogP contribution in [0.5, 0.6) is 0 Å². The summed E-state index contributed by atoms with van der Waals surface area (Å²) in [5, 5.41) is 3.58. The smallest absolute Gasteiger partial charge is 0.221 e. The van der Waals surface area contributed by atoms with E-state index in [1.165, 1.54) is 18.2 Å². The first-order chi connectivity index (χ1) is 11.6. The van der Waals surface area contributed by atoms with Gasteiger partial charge in [0, 0.05) is 56.0 Å². The van der Waals surface area contributed by atoms with E-state index in [-0.39, 0.29) is 5.91 Å². The number of halogens is 1. The van der Waals surface area contributed by atoms with Crippen LogP contribution in [-0.4, -0.2) is 37.0 Å². The minimum Gasteiger partial charge on any atom is -0.369 e. The lowest BCUT2D eigenvalue weighted by Crippen LogP contribution is -2.45. The van der Waals surface area contributed by atoms with Crippen LogP contribution in [0.4, 0.5) is 11.4 Å². The molecule has 0 atom stereocenters. The van der Waals surface area contributed by atoms with Crippen molar-refractivity contribution < 1.29 is 4.79 Å². The van der Waals surface area contributed by atoms with Gasteiger partial charge >= 0.3 is 0 Å². The van der Waals surface area contributed by atoms with Crippen LogP contribution in [-0.2, 0) is 11.3 Å². The first kappa shape index (κ1) is 16.8. The Kier molecular flexibility index (Phi) is 5.38. The predicted octanol–water partition coefficient (Wildman–Crippen LogP) is 3.62. The van der Waals surface area contributed by atoms with E-state index in [0.29, 0.717) is 0 Å². The highest BCUT2D eigenvalue weighted by Gasteiger charge is 2.17. The molecule has 0 aromatic heterocycles. The van der Waals surface area contributed by atoms with E-state index in [4.69, 9.17) is 11.6 Å². The molecule has 2 aromatic rings. The number of carbonyl (C=O) groups excluding carboxylic acids is 1. The van der Waals surface area contributed by atoms with E-state index in [1.54, 1.807) is 0 Å². The molecule has 2 aromatic carbocycles. The van der Waals surface area contributed by atoms with Crippen LogP contribution in [0.1, 0.15) is 12.5 Å². The SMILES string of the molecule is CC(=O)Nc1ccc(CN2CCN(c3cccc(Cl)c3)CC2)cc1. The molecule has 1 amide bonds. The average molecular weight is 344 g/mol. The summed E-state index contributed by atoms with van der Waals surface area (Å²) in [6.45, 7) is 6.52. The maximum absolute atomic E-state index is 11.1. The third-order valence-corrected chi connectivity index (χ3v) is 4.46. The molecule has 1 fully saturated rings. The Morgan fingerprint density at radius 3 is 2.42 bits per heavy atom. The largest absolute Gasteiger partial charge is 0.369 e. The summed E-state index contributed by atoms with van der Waals surface area (Å²) in [6, 6.07) is 16.1. The molecule has 126 valence electrons. The average Bonchev–Trinajstić information content (AvgIpc) is 2.57. The minimum absolute atomic E-state index is 0.0418. The van der Waals surface area contributed by atoms with E-state index < -0.39 is 0 Å². The summed E-state index contributed by atoms with van der Waals surface area (Å²) >= 11 is 6.08. The van der Waals surface area contributed by atoms with Crippen LogP contribution in [0.3, 0.4) is 0 Å². The lowest BCUT2D eigenvalue weighted by Gasteiger charge is -2.36. The van der Waals surface area contributed by atoms with Gasteiger partial charge in [-0.3, -0.25) is 9.69 Å². The van der Waals surface area contributed by atoms with Gasteiger partial charge in [-0.05, 0) is 35.9 Å². The second-order valence-corrected chi connectivity index (χ2v) is 6.56. The molecule has 1 aliphatic rings. The van der Waals surface area contributed by atoms with E-state index in [2.05, 4.69) is 33.3 Å². The number of piperazine rings is 1. The third kappa shape index (κ3) is 4.49. The van der Waals surface area contributed by atoms with Gasteiger partial charge in [0.1, 0.15) is 0 Å². The number of hydrogen-bond donors (Lipinski definition) is 1. The molecule has 0 bridgehead atoms. The van der Waals surface area contributed by atoms with Gasteiger partial charge in [0.15, 0.2) is 0 Å². The third-order valence-electron chi connectivity index (χ3n) is 4.23. The summed E-state index contributed by atoms with van der Waals surface area (Å²) in [5.74, 6) is -0.0418. The Bertz CT molecular complexity index is 694. The van der Waals surface area contributed by atoms with Gasteiger partial charge in [-0.1, -0.05) is 29.8 Å². The molecule has 0 unspecified atom stereocenters. The lowest BCUT2D eigenvalue weighted by molar-refractivity contribution is -0.114. The molecular weight excluding hydrogens is 322 g/mol. The molecule has 1 saturated heterocycles. The first-order valence-corrected chi connectivity index (χ1v) is 8.57. The first-order valence-electron chi connectivity index (χ1n) is 8.19. The molecule has 1 heterocycles. The summed E-state index contributed by atoms with van der Waals surface area (Å²) in [7, 11) is 0. The fourth-order valence-corrected chi connectivity index (χ4v) is 3.18. The Morgan fingerprint density at radius 1 is 1.08 bits per heavy atom. The van der Waals surface area contributed by atoms with Crippen LogP contribution in [0, 0.1) is 0 Å². The molecule has 1 N–H and O–H groups in total. The van der Waals surface area contributed by atoms with Crippen molar-refractivity contribution in [2.24, 2.45) is 0 Å². The zero-order chi connectivity index (χ0) is 16.9. The molecule has 4 nitrogen and oxygen atoms in total. The highest BCUT2D eigenvalue weighted by Crippen LogP contribution is 2.21. The number of hydrogen-bond acceptors (Lipinski definition) is 3. The summed E-state index contributed by atoms with van der Waals surface area (Å²) in [4.78, 5) is 15.9. The second-order valence-electron chi connectivity index (χ2n) is 6.12. The van der Waals surface area contributed by atoms with Gasteiger partial charge in [-0.15, -0.1) is 0 Å². The number of carbonyl (C=O) groups is 1. The predicted molar refractivity (Wildman–Crippen MR) is 99.7 cm³/mol. The van der Waals surface area contributed by atoms with Crippen molar-refractivity contribution in [2.75, 3.05) is 36.4 Å². The van der Waals surface area contributed by atoms with Gasteiger partial charge in [-0.2, -0.15) is 0 Å². The van der Waals surface area contributed by atoms with Gasteiger partial charge < -0.3 is 10.2 Å². The summed E-state index contributed by atoms with van der Waals surface area (Å²) < 4.78 is 0. The van der Waals surface area contributed by atoms with Crippen molar-refractivity contribution in [1.29, 1.82) is 0 Å². The molecule has 24 heavy (non-hydrogen) atoms. The Hall–Kier alpha value is -2.04. The number of rotatable bonds is 4. The Morgan fingerprint density at radius 2 is 1.79 bits per heavy atom. The molecular formula is C19H22ClN3O. The van der Waals surface area contributed by atoms with Crippen molar-refractivity contribution in [2.45, 2.75) is 13.5 Å². The van der Waals surface area contributed by atoms with Crippen LogP contribution in [0.25, 0.3) is 0 Å². The fraction of sp³-hybridized carbons (Fsp3) is 0.316. The van der Waals surface area contributed by atoms with E-state index in [0.717, 1.165) is 43.4 Å². The van der Waals surface area contributed by atoms with E-state index in [1.807, 2.05) is 30.3 Å². The molecule has 5 heteroatoms. The number of nitrogens with one attached hydrogen (secondary N) is 1. The molecule has 0 saturated carbocycles. The topological polar surface area (TPSA) is 35.6 Å². The second kappa shape index (κ2) is 7.69. The molecule has 3 rings (SSSR count). The Balaban J connectivity index is 1.52. The Labute approximate surface area is 148 Å². The zero-order valence-electron chi connectivity index (χ0n) is 13.8. The van der Waals surface area contributed by atoms with Crippen molar-refractivity contribution >= 4 is 28.9 Å². The van der Waals surface area contributed by atoms with Crippen LogP contribution in [0.15, 0.2) is 48.5 Å². The van der Waals surface area contributed by atoms with Gasteiger partial charge in [0.05, 0.1) is 0 Å². The van der Waals surface area contributed by atoms with Crippen LogP contribution >= 0.6 is 11.6 Å². The van der Waals surface area contributed by atoms with Gasteiger partial charge in [0.2, 0.25) is 5.91 Å². The maximum atomic E-state index is 11.1. The van der Waals surface area contributed by atoms with Crippen LogP contribution in [0.2, 0.25) is 5.02 Å². The van der Waals surface area contributed by atoms with Crippen molar-refractivity contribution in [3.05, 3.63) is 59.1 Å². The van der Waals surface area contributed by atoms with E-state index in [9.17, 15) is 4.79 Å².